The largest absolute Gasteiger partial charge is 0.313 e. The number of anilines is 2. The van der Waals surface area contributed by atoms with Gasteiger partial charge in [-0.25, -0.2) is 4.98 Å². The summed E-state index contributed by atoms with van der Waals surface area (Å²) in [7, 11) is 0. The van der Waals surface area contributed by atoms with Crippen molar-refractivity contribution in [1.29, 1.82) is 0 Å². The van der Waals surface area contributed by atoms with Crippen LogP contribution in [-0.2, 0) is 12.0 Å². The molecule has 0 saturated carbocycles. The second-order valence-corrected chi connectivity index (χ2v) is 10.5. The highest BCUT2D eigenvalue weighted by atomic mass is 15.3. The number of aromatic nitrogens is 4. The maximum atomic E-state index is 5.14. The fourth-order valence-corrected chi connectivity index (χ4v) is 5.60. The molecule has 1 aromatic carbocycles. The molecule has 5 rings (SSSR count). The van der Waals surface area contributed by atoms with Crippen LogP contribution in [0.2, 0.25) is 0 Å². The Kier molecular flexibility index (Phi) is 6.39. The molecule has 1 aliphatic rings. The van der Waals surface area contributed by atoms with E-state index in [4.69, 9.17) is 10.1 Å². The van der Waals surface area contributed by atoms with E-state index < -0.39 is 0 Å². The van der Waals surface area contributed by atoms with Gasteiger partial charge >= 0.3 is 0 Å². The van der Waals surface area contributed by atoms with E-state index in [9.17, 15) is 0 Å². The number of aromatic amines is 1. The van der Waals surface area contributed by atoms with Gasteiger partial charge in [0, 0.05) is 35.1 Å². The van der Waals surface area contributed by atoms with Crippen LogP contribution in [0.25, 0.3) is 11.4 Å². The lowest BCUT2D eigenvalue weighted by atomic mass is 9.63. The van der Waals surface area contributed by atoms with Gasteiger partial charge in [-0.2, -0.15) is 5.10 Å². The molecule has 3 aromatic heterocycles. The van der Waals surface area contributed by atoms with Crippen LogP contribution in [0.1, 0.15) is 63.9 Å². The summed E-state index contributed by atoms with van der Waals surface area (Å²) >= 11 is 0. The summed E-state index contributed by atoms with van der Waals surface area (Å²) in [6.45, 7) is 13.0. The Balaban J connectivity index is 1.49. The molecule has 0 fully saturated rings. The number of nitrogens with one attached hydrogen (secondary N) is 2. The number of hydrogen-bond acceptors (Lipinski definition) is 5. The first kappa shape index (κ1) is 24.2. The van der Waals surface area contributed by atoms with E-state index in [1.165, 1.54) is 11.3 Å². The van der Waals surface area contributed by atoms with Gasteiger partial charge in [0.05, 0.1) is 18.1 Å². The Morgan fingerprint density at radius 1 is 0.972 bits per heavy atom. The maximum Gasteiger partial charge on any atom is 0.134 e. The minimum absolute atomic E-state index is 0.0517. The molecule has 6 nitrogen and oxygen atoms in total. The summed E-state index contributed by atoms with van der Waals surface area (Å²) in [6.07, 6.45) is 2.89. The van der Waals surface area contributed by atoms with Crippen LogP contribution in [0, 0.1) is 5.41 Å². The molecule has 1 aliphatic carbocycles. The zero-order valence-corrected chi connectivity index (χ0v) is 21.9. The first-order valence-corrected chi connectivity index (χ1v) is 12.9. The number of H-pyrrole nitrogens is 1. The van der Waals surface area contributed by atoms with Crippen LogP contribution in [0.4, 0.5) is 11.5 Å². The van der Waals surface area contributed by atoms with Crippen LogP contribution in [-0.4, -0.2) is 26.8 Å². The molecule has 4 aromatic rings. The Labute approximate surface area is 214 Å². The first-order chi connectivity index (χ1) is 17.4. The summed E-state index contributed by atoms with van der Waals surface area (Å²) in [6, 6.07) is 22.6. The van der Waals surface area contributed by atoms with Crippen molar-refractivity contribution in [3.05, 3.63) is 89.9 Å². The minimum atomic E-state index is 0.0517. The topological polar surface area (TPSA) is 69.7 Å². The molecule has 3 heterocycles. The van der Waals surface area contributed by atoms with E-state index >= 15 is 0 Å². The number of pyridine rings is 2. The summed E-state index contributed by atoms with van der Waals surface area (Å²) in [5.41, 5.74) is 6.72. The molecular weight excluding hydrogens is 444 g/mol. The minimum Gasteiger partial charge on any atom is -0.313 e. The van der Waals surface area contributed by atoms with Gasteiger partial charge in [-0.3, -0.25) is 15.4 Å². The predicted molar refractivity (Wildman–Crippen MR) is 146 cm³/mol. The second kappa shape index (κ2) is 9.51. The third kappa shape index (κ3) is 3.99. The van der Waals surface area contributed by atoms with Crippen molar-refractivity contribution < 1.29 is 0 Å². The summed E-state index contributed by atoms with van der Waals surface area (Å²) < 4.78 is 0. The average Bonchev–Trinajstić information content (AvgIpc) is 3.42. The lowest BCUT2D eigenvalue weighted by molar-refractivity contribution is 0.162. The molecule has 0 bridgehead atoms. The van der Waals surface area contributed by atoms with E-state index in [1.54, 1.807) is 0 Å². The van der Waals surface area contributed by atoms with E-state index in [0.717, 1.165) is 35.0 Å². The lowest BCUT2D eigenvalue weighted by Gasteiger charge is -2.40. The third-order valence-electron chi connectivity index (χ3n) is 8.62. The fourth-order valence-electron chi connectivity index (χ4n) is 5.60. The zero-order valence-electron chi connectivity index (χ0n) is 21.9. The molecule has 0 amide bonds. The van der Waals surface area contributed by atoms with Crippen LogP contribution in [0.15, 0.2) is 72.9 Å². The van der Waals surface area contributed by atoms with E-state index in [0.29, 0.717) is 19.1 Å². The van der Waals surface area contributed by atoms with Crippen LogP contribution < -0.4 is 10.2 Å². The van der Waals surface area contributed by atoms with Gasteiger partial charge in [-0.15, -0.1) is 0 Å². The molecule has 2 atom stereocenters. The standard InChI is InChI=1S/C30H36N6/c1-6-30(5)28-26(21(2)29(30,3)4)27(34-35-28)24-16-12-17-25(33-24)36(23-14-8-7-9-15-23)20-31-19-22-13-10-11-18-32-22/h7-18,21,31H,6,19-20H2,1-5H3,(H,34,35). The Bertz CT molecular complexity index is 1310. The molecule has 0 saturated heterocycles. The summed E-state index contributed by atoms with van der Waals surface area (Å²) in [5, 5.41) is 11.8. The van der Waals surface area contributed by atoms with Crippen molar-refractivity contribution in [3.63, 3.8) is 0 Å². The second-order valence-electron chi connectivity index (χ2n) is 10.5. The number of nitrogens with zero attached hydrogens (tertiary/aromatic N) is 4. The molecule has 0 radical (unpaired) electrons. The van der Waals surface area contributed by atoms with Crippen LogP contribution in [0.3, 0.4) is 0 Å². The highest BCUT2D eigenvalue weighted by molar-refractivity contribution is 5.68. The lowest BCUT2D eigenvalue weighted by Crippen LogP contribution is -2.37. The van der Waals surface area contributed by atoms with Gasteiger partial charge in [0.25, 0.3) is 0 Å². The van der Waals surface area contributed by atoms with Crippen molar-refractivity contribution in [1.82, 2.24) is 25.5 Å². The normalized spacial score (nSPS) is 20.3. The molecule has 186 valence electrons. The van der Waals surface area contributed by atoms with Gasteiger partial charge in [-0.1, -0.05) is 65.0 Å². The van der Waals surface area contributed by atoms with Crippen molar-refractivity contribution in [3.8, 4) is 11.4 Å². The molecule has 0 spiro atoms. The number of hydrogen-bond donors (Lipinski definition) is 2. The Morgan fingerprint density at radius 3 is 2.47 bits per heavy atom. The average molecular weight is 481 g/mol. The van der Waals surface area contributed by atoms with E-state index in [2.05, 4.69) is 97.4 Å². The Hall–Kier alpha value is -3.51. The predicted octanol–water partition coefficient (Wildman–Crippen LogP) is 6.56. The molecule has 0 aliphatic heterocycles. The summed E-state index contributed by atoms with van der Waals surface area (Å²) in [4.78, 5) is 11.8. The van der Waals surface area contributed by atoms with Gasteiger partial charge in [0.1, 0.15) is 11.5 Å². The number of rotatable bonds is 8. The van der Waals surface area contributed by atoms with E-state index in [1.807, 2.05) is 30.5 Å². The zero-order chi connectivity index (χ0) is 25.3. The molecule has 6 heteroatoms. The van der Waals surface area contributed by atoms with Crippen LogP contribution >= 0.6 is 0 Å². The van der Waals surface area contributed by atoms with E-state index in [-0.39, 0.29) is 10.8 Å². The van der Waals surface area contributed by atoms with Crippen molar-refractivity contribution in [2.24, 2.45) is 5.41 Å². The molecular formula is C30H36N6. The highest BCUT2D eigenvalue weighted by Crippen LogP contribution is 2.60. The molecule has 2 unspecified atom stereocenters. The van der Waals surface area contributed by atoms with Crippen LogP contribution in [0.5, 0.6) is 0 Å². The first-order valence-electron chi connectivity index (χ1n) is 12.9. The summed E-state index contributed by atoms with van der Waals surface area (Å²) in [5.74, 6) is 1.26. The monoisotopic (exact) mass is 480 g/mol. The van der Waals surface area contributed by atoms with Gasteiger partial charge in [0.2, 0.25) is 0 Å². The smallest absolute Gasteiger partial charge is 0.134 e. The van der Waals surface area contributed by atoms with Crippen molar-refractivity contribution in [2.75, 3.05) is 11.6 Å². The SMILES string of the molecule is CCC1(C)c2[nH]nc(-c3cccc(N(CNCc4ccccn4)c4ccccc4)n3)c2C(C)C1(C)C. The highest BCUT2D eigenvalue weighted by Gasteiger charge is 2.54. The fraction of sp³-hybridized carbons (Fsp3) is 0.367. The van der Waals surface area contributed by atoms with Gasteiger partial charge in [0.15, 0.2) is 0 Å². The Morgan fingerprint density at radius 2 is 1.75 bits per heavy atom. The quantitative estimate of drug-likeness (QED) is 0.279. The molecule has 2 N–H and O–H groups in total. The molecule has 36 heavy (non-hydrogen) atoms. The van der Waals surface area contributed by atoms with Gasteiger partial charge < -0.3 is 4.90 Å². The number of fused-ring (bicyclic) bond motifs is 1. The van der Waals surface area contributed by atoms with Crippen molar-refractivity contribution >= 4 is 11.5 Å². The van der Waals surface area contributed by atoms with Crippen molar-refractivity contribution in [2.45, 2.75) is 58.9 Å². The number of para-hydroxylation sites is 1. The maximum absolute atomic E-state index is 5.14. The van der Waals surface area contributed by atoms with Gasteiger partial charge in [-0.05, 0) is 54.2 Å². The third-order valence-corrected chi connectivity index (χ3v) is 8.62. The number of benzene rings is 1.